The lowest BCUT2D eigenvalue weighted by atomic mass is 9.88. The molecule has 4 heteroatoms. The lowest BCUT2D eigenvalue weighted by Gasteiger charge is -2.35. The molecule has 2 aliphatic heterocycles. The molecule has 0 spiro atoms. The average Bonchev–Trinajstić information content (AvgIpc) is 2.99. The Morgan fingerprint density at radius 2 is 2.10 bits per heavy atom. The zero-order valence-electron chi connectivity index (χ0n) is 13.0. The van der Waals surface area contributed by atoms with Crippen molar-refractivity contribution in [2.45, 2.75) is 57.6 Å². The molecule has 0 aromatic heterocycles. The number of hydrogen-bond donors (Lipinski definition) is 2. The van der Waals surface area contributed by atoms with E-state index in [0.29, 0.717) is 6.61 Å². The van der Waals surface area contributed by atoms with Gasteiger partial charge in [0.2, 0.25) is 0 Å². The Kier molecular flexibility index (Phi) is 7.28. The van der Waals surface area contributed by atoms with Gasteiger partial charge in [-0.1, -0.05) is 13.3 Å². The summed E-state index contributed by atoms with van der Waals surface area (Å²) in [6, 6.07) is 0.763. The van der Waals surface area contributed by atoms with E-state index in [1.165, 1.54) is 32.2 Å². The fourth-order valence-corrected chi connectivity index (χ4v) is 3.47. The van der Waals surface area contributed by atoms with Crippen LogP contribution < -0.4 is 5.32 Å². The predicted molar refractivity (Wildman–Crippen MR) is 81.9 cm³/mol. The van der Waals surface area contributed by atoms with E-state index in [2.05, 4.69) is 17.1 Å². The lowest BCUT2D eigenvalue weighted by Crippen LogP contribution is -2.44. The number of β-amino-alcohol motifs (C(OH)–C–C–N with tert-alkyl or cyclic N) is 1. The van der Waals surface area contributed by atoms with Gasteiger partial charge in [0.05, 0.1) is 12.7 Å². The van der Waals surface area contributed by atoms with Crippen molar-refractivity contribution in [1.82, 2.24) is 10.2 Å². The number of unbranched alkanes of at least 4 members (excludes halogenated alkanes) is 1. The first-order valence-electron chi connectivity index (χ1n) is 8.51. The van der Waals surface area contributed by atoms with E-state index in [1.807, 2.05) is 0 Å². The maximum absolute atomic E-state index is 10.00. The Morgan fingerprint density at radius 3 is 2.75 bits per heavy atom. The van der Waals surface area contributed by atoms with Crippen LogP contribution in [-0.2, 0) is 4.74 Å². The molecule has 2 heterocycles. The standard InChI is InChI=1S/C16H32N2O2/c1-2-3-11-20-13-15(19)12-18-9-6-14(7-10-18)16-5-4-8-17-16/h14-17,19H,2-13H2,1H3. The second-order valence-electron chi connectivity index (χ2n) is 6.42. The third-order valence-corrected chi connectivity index (χ3v) is 4.72. The Labute approximate surface area is 123 Å². The van der Waals surface area contributed by atoms with E-state index in [9.17, 15) is 5.11 Å². The highest BCUT2D eigenvalue weighted by atomic mass is 16.5. The van der Waals surface area contributed by atoms with Gasteiger partial charge in [0.25, 0.3) is 0 Å². The van der Waals surface area contributed by atoms with Crippen LogP contribution in [0.25, 0.3) is 0 Å². The van der Waals surface area contributed by atoms with Crippen LogP contribution in [0.1, 0.15) is 45.4 Å². The van der Waals surface area contributed by atoms with E-state index >= 15 is 0 Å². The van der Waals surface area contributed by atoms with Gasteiger partial charge in [0, 0.05) is 19.2 Å². The normalized spacial score (nSPS) is 27.0. The summed E-state index contributed by atoms with van der Waals surface area (Å²) < 4.78 is 5.49. The first-order chi connectivity index (χ1) is 9.79. The SMILES string of the molecule is CCCCOCC(O)CN1CCC(C2CCCN2)CC1. The monoisotopic (exact) mass is 284 g/mol. The Bertz CT molecular complexity index is 249. The van der Waals surface area contributed by atoms with Crippen LogP contribution in [0.3, 0.4) is 0 Å². The minimum absolute atomic E-state index is 0.326. The second kappa shape index (κ2) is 8.98. The van der Waals surface area contributed by atoms with Crippen LogP contribution in [0.15, 0.2) is 0 Å². The molecule has 2 saturated heterocycles. The van der Waals surface area contributed by atoms with Gasteiger partial charge in [-0.15, -0.1) is 0 Å². The average molecular weight is 284 g/mol. The van der Waals surface area contributed by atoms with Crippen LogP contribution in [0.4, 0.5) is 0 Å². The summed E-state index contributed by atoms with van der Waals surface area (Å²) in [6.45, 7) is 7.68. The summed E-state index contributed by atoms with van der Waals surface area (Å²) in [4.78, 5) is 2.40. The number of aliphatic hydroxyl groups is 1. The van der Waals surface area contributed by atoms with E-state index in [0.717, 1.165) is 51.0 Å². The van der Waals surface area contributed by atoms with Crippen molar-refractivity contribution in [2.24, 2.45) is 5.92 Å². The maximum atomic E-state index is 10.00. The molecule has 2 rings (SSSR count). The number of aliphatic hydroxyl groups excluding tert-OH is 1. The topological polar surface area (TPSA) is 44.7 Å². The summed E-state index contributed by atoms with van der Waals surface area (Å²) in [5.41, 5.74) is 0. The summed E-state index contributed by atoms with van der Waals surface area (Å²) in [5.74, 6) is 0.853. The predicted octanol–water partition coefficient (Wildman–Crippen LogP) is 1.63. The summed E-state index contributed by atoms with van der Waals surface area (Å²) >= 11 is 0. The molecule has 0 amide bonds. The zero-order valence-corrected chi connectivity index (χ0v) is 13.0. The first-order valence-corrected chi connectivity index (χ1v) is 8.51. The van der Waals surface area contributed by atoms with Crippen LogP contribution in [-0.4, -0.2) is 61.5 Å². The molecular weight excluding hydrogens is 252 g/mol. The van der Waals surface area contributed by atoms with Gasteiger partial charge in [-0.25, -0.2) is 0 Å². The zero-order chi connectivity index (χ0) is 14.2. The Morgan fingerprint density at radius 1 is 1.30 bits per heavy atom. The molecule has 0 radical (unpaired) electrons. The summed E-state index contributed by atoms with van der Waals surface area (Å²) in [7, 11) is 0. The summed E-state index contributed by atoms with van der Waals surface area (Å²) in [6.07, 6.45) is 7.18. The molecule has 2 unspecified atom stereocenters. The Hall–Kier alpha value is -0.160. The third kappa shape index (κ3) is 5.32. The van der Waals surface area contributed by atoms with Crippen LogP contribution >= 0.6 is 0 Å². The fourth-order valence-electron chi connectivity index (χ4n) is 3.47. The molecule has 118 valence electrons. The highest BCUT2D eigenvalue weighted by Crippen LogP contribution is 2.25. The van der Waals surface area contributed by atoms with Crippen molar-refractivity contribution in [3.63, 3.8) is 0 Å². The fraction of sp³-hybridized carbons (Fsp3) is 1.00. The van der Waals surface area contributed by atoms with Gasteiger partial charge in [-0.3, -0.25) is 0 Å². The minimum atomic E-state index is -0.326. The third-order valence-electron chi connectivity index (χ3n) is 4.72. The molecule has 0 aromatic rings. The summed E-state index contributed by atoms with van der Waals surface area (Å²) in [5, 5.41) is 13.6. The molecule has 0 aliphatic carbocycles. The maximum Gasteiger partial charge on any atom is 0.0900 e. The van der Waals surface area contributed by atoms with Crippen LogP contribution in [0, 0.1) is 5.92 Å². The van der Waals surface area contributed by atoms with Gasteiger partial charge in [0.1, 0.15) is 0 Å². The number of nitrogens with one attached hydrogen (secondary N) is 1. The number of hydrogen-bond acceptors (Lipinski definition) is 4. The van der Waals surface area contributed by atoms with Crippen molar-refractivity contribution in [3.8, 4) is 0 Å². The van der Waals surface area contributed by atoms with Gasteiger partial charge in [-0.05, 0) is 57.7 Å². The van der Waals surface area contributed by atoms with Gasteiger partial charge in [-0.2, -0.15) is 0 Å². The highest BCUT2D eigenvalue weighted by molar-refractivity contribution is 4.85. The second-order valence-corrected chi connectivity index (χ2v) is 6.42. The van der Waals surface area contributed by atoms with Crippen LogP contribution in [0.5, 0.6) is 0 Å². The van der Waals surface area contributed by atoms with E-state index in [1.54, 1.807) is 0 Å². The molecule has 0 bridgehead atoms. The number of nitrogens with zero attached hydrogens (tertiary/aromatic N) is 1. The van der Waals surface area contributed by atoms with Crippen molar-refractivity contribution < 1.29 is 9.84 Å². The first kappa shape index (κ1) is 16.2. The Balaban J connectivity index is 1.56. The molecule has 20 heavy (non-hydrogen) atoms. The molecule has 2 aliphatic rings. The van der Waals surface area contributed by atoms with Gasteiger partial charge < -0.3 is 20.1 Å². The molecule has 2 N–H and O–H groups in total. The number of ether oxygens (including phenoxy) is 1. The van der Waals surface area contributed by atoms with E-state index < -0.39 is 0 Å². The van der Waals surface area contributed by atoms with Crippen molar-refractivity contribution >= 4 is 0 Å². The van der Waals surface area contributed by atoms with E-state index in [4.69, 9.17) is 4.74 Å². The quantitative estimate of drug-likeness (QED) is 0.665. The number of likely N-dealkylation sites (tertiary alicyclic amines) is 1. The van der Waals surface area contributed by atoms with E-state index in [-0.39, 0.29) is 6.10 Å². The molecule has 0 saturated carbocycles. The molecule has 4 nitrogen and oxygen atoms in total. The number of rotatable bonds is 8. The molecule has 0 aromatic carbocycles. The molecule has 2 atom stereocenters. The minimum Gasteiger partial charge on any atom is -0.389 e. The molecular formula is C16H32N2O2. The highest BCUT2D eigenvalue weighted by Gasteiger charge is 2.28. The number of piperidine rings is 1. The van der Waals surface area contributed by atoms with Crippen molar-refractivity contribution in [1.29, 1.82) is 0 Å². The lowest BCUT2D eigenvalue weighted by molar-refractivity contribution is 0.00887. The smallest absolute Gasteiger partial charge is 0.0900 e. The van der Waals surface area contributed by atoms with Gasteiger partial charge in [0.15, 0.2) is 0 Å². The van der Waals surface area contributed by atoms with Gasteiger partial charge >= 0.3 is 0 Å². The van der Waals surface area contributed by atoms with Crippen molar-refractivity contribution in [2.75, 3.05) is 39.4 Å². The largest absolute Gasteiger partial charge is 0.389 e. The molecule has 2 fully saturated rings. The van der Waals surface area contributed by atoms with Crippen molar-refractivity contribution in [3.05, 3.63) is 0 Å². The van der Waals surface area contributed by atoms with Crippen LogP contribution in [0.2, 0.25) is 0 Å².